The zero-order valence-electron chi connectivity index (χ0n) is 8.97. The van der Waals surface area contributed by atoms with E-state index in [2.05, 4.69) is 4.98 Å². The highest BCUT2D eigenvalue weighted by molar-refractivity contribution is 5.67. The van der Waals surface area contributed by atoms with Crippen molar-refractivity contribution in [2.75, 3.05) is 0 Å². The highest BCUT2D eigenvalue weighted by Crippen LogP contribution is 2.08. The molecule has 0 N–H and O–H groups in total. The first-order valence-corrected chi connectivity index (χ1v) is 5.09. The van der Waals surface area contributed by atoms with Crippen LogP contribution in [0.15, 0.2) is 42.5 Å². The van der Waals surface area contributed by atoms with E-state index in [1.807, 2.05) is 12.1 Å². The number of rotatable bonds is 2. The maximum absolute atomic E-state index is 12.7. The van der Waals surface area contributed by atoms with E-state index in [0.29, 0.717) is 11.4 Å². The van der Waals surface area contributed by atoms with E-state index >= 15 is 0 Å². The van der Waals surface area contributed by atoms with Gasteiger partial charge in [-0.15, -0.1) is 0 Å². The van der Waals surface area contributed by atoms with Crippen molar-refractivity contribution in [3.63, 3.8) is 0 Å². The molecule has 1 aromatic carbocycles. The summed E-state index contributed by atoms with van der Waals surface area (Å²) in [5.74, 6) is -0.258. The minimum absolute atomic E-state index is 0.258. The van der Waals surface area contributed by atoms with Crippen LogP contribution in [0, 0.1) is 17.1 Å². The van der Waals surface area contributed by atoms with Crippen molar-refractivity contribution >= 4 is 12.2 Å². The molecule has 0 fully saturated rings. The molecule has 0 aliphatic carbocycles. The van der Waals surface area contributed by atoms with E-state index in [9.17, 15) is 4.39 Å². The molecule has 3 heteroatoms. The van der Waals surface area contributed by atoms with Gasteiger partial charge < -0.3 is 0 Å². The number of hydrogen-bond donors (Lipinski definition) is 0. The van der Waals surface area contributed by atoms with Crippen molar-refractivity contribution in [2.24, 2.45) is 0 Å². The first kappa shape index (κ1) is 11.0. The maximum Gasteiger partial charge on any atom is 0.141 e. The molecular weight excluding hydrogens is 215 g/mol. The molecule has 0 aliphatic rings. The molecule has 0 saturated heterocycles. The molecule has 2 rings (SSSR count). The third-order valence-electron chi connectivity index (χ3n) is 2.20. The van der Waals surface area contributed by atoms with Crippen LogP contribution in [0.1, 0.15) is 17.0 Å². The van der Waals surface area contributed by atoms with Gasteiger partial charge in [0.15, 0.2) is 0 Å². The number of nitriles is 1. The number of hydrogen-bond acceptors (Lipinski definition) is 2. The van der Waals surface area contributed by atoms with Gasteiger partial charge in [-0.05, 0) is 35.9 Å². The van der Waals surface area contributed by atoms with E-state index in [0.717, 1.165) is 5.56 Å². The molecule has 2 aromatic rings. The highest BCUT2D eigenvalue weighted by atomic mass is 19.1. The summed E-state index contributed by atoms with van der Waals surface area (Å²) in [6.07, 6.45) is 3.61. The Morgan fingerprint density at radius 2 is 1.82 bits per heavy atom. The van der Waals surface area contributed by atoms with Gasteiger partial charge in [0.2, 0.25) is 0 Å². The molecule has 0 atom stereocenters. The van der Waals surface area contributed by atoms with Crippen LogP contribution in [0.25, 0.3) is 12.2 Å². The Balaban J connectivity index is 2.20. The molecule has 0 saturated carbocycles. The third kappa shape index (κ3) is 2.99. The van der Waals surface area contributed by atoms with E-state index in [1.54, 1.807) is 36.4 Å². The lowest BCUT2D eigenvalue weighted by molar-refractivity contribution is 0.628. The van der Waals surface area contributed by atoms with E-state index in [4.69, 9.17) is 5.26 Å². The van der Waals surface area contributed by atoms with Gasteiger partial charge in [-0.3, -0.25) is 0 Å². The molecule has 17 heavy (non-hydrogen) atoms. The lowest BCUT2D eigenvalue weighted by atomic mass is 10.2. The maximum atomic E-state index is 12.7. The van der Waals surface area contributed by atoms with E-state index < -0.39 is 0 Å². The van der Waals surface area contributed by atoms with Gasteiger partial charge in [0.05, 0.1) is 5.69 Å². The zero-order chi connectivity index (χ0) is 12.1. The van der Waals surface area contributed by atoms with Crippen molar-refractivity contribution in [1.29, 1.82) is 5.26 Å². The van der Waals surface area contributed by atoms with Crippen LogP contribution in [-0.2, 0) is 0 Å². The fraction of sp³-hybridized carbons (Fsp3) is 0. The summed E-state index contributed by atoms with van der Waals surface area (Å²) in [7, 11) is 0. The topological polar surface area (TPSA) is 36.7 Å². The van der Waals surface area contributed by atoms with Crippen molar-refractivity contribution < 1.29 is 4.39 Å². The molecule has 0 aliphatic heterocycles. The fourth-order valence-corrected chi connectivity index (χ4v) is 1.36. The summed E-state index contributed by atoms with van der Waals surface area (Å²) >= 11 is 0. The lowest BCUT2D eigenvalue weighted by Crippen LogP contribution is -1.84. The highest BCUT2D eigenvalue weighted by Gasteiger charge is 1.93. The molecule has 1 heterocycles. The van der Waals surface area contributed by atoms with E-state index in [1.165, 1.54) is 12.1 Å². The van der Waals surface area contributed by atoms with Crippen LogP contribution in [0.4, 0.5) is 4.39 Å². The monoisotopic (exact) mass is 224 g/mol. The van der Waals surface area contributed by atoms with E-state index in [-0.39, 0.29) is 5.82 Å². The molecule has 0 radical (unpaired) electrons. The Morgan fingerprint density at radius 1 is 1.06 bits per heavy atom. The Labute approximate surface area is 98.7 Å². The van der Waals surface area contributed by atoms with Gasteiger partial charge in [0.1, 0.15) is 17.6 Å². The predicted octanol–water partition coefficient (Wildman–Crippen LogP) is 3.26. The molecule has 2 nitrogen and oxygen atoms in total. The average Bonchev–Trinajstić information content (AvgIpc) is 2.38. The summed E-state index contributed by atoms with van der Waals surface area (Å²) in [5, 5.41) is 8.70. The van der Waals surface area contributed by atoms with Crippen molar-refractivity contribution in [2.45, 2.75) is 0 Å². The smallest absolute Gasteiger partial charge is 0.141 e. The van der Waals surface area contributed by atoms with Gasteiger partial charge in [-0.25, -0.2) is 9.37 Å². The SMILES string of the molecule is N#Cc1cccc(C=Cc2ccc(F)cc2)n1. The molecule has 0 bridgehead atoms. The Morgan fingerprint density at radius 3 is 2.53 bits per heavy atom. The molecule has 1 aromatic heterocycles. The number of aromatic nitrogens is 1. The standard InChI is InChI=1S/C14H9FN2/c15-12-7-4-11(5-8-12)6-9-13-2-1-3-14(10-16)17-13/h1-9H. The molecular formula is C14H9FN2. The molecule has 0 spiro atoms. The summed E-state index contributed by atoms with van der Waals surface area (Å²) in [6, 6.07) is 13.4. The molecule has 0 amide bonds. The number of pyridine rings is 1. The van der Waals surface area contributed by atoms with Gasteiger partial charge in [0.25, 0.3) is 0 Å². The molecule has 0 unspecified atom stereocenters. The largest absolute Gasteiger partial charge is 0.238 e. The first-order chi connectivity index (χ1) is 8.28. The van der Waals surface area contributed by atoms with Gasteiger partial charge in [0, 0.05) is 0 Å². The van der Waals surface area contributed by atoms with Crippen molar-refractivity contribution in [3.05, 3.63) is 65.2 Å². The normalized spacial score (nSPS) is 10.4. The Hall–Kier alpha value is -2.47. The number of benzene rings is 1. The number of nitrogens with zero attached hydrogens (tertiary/aromatic N) is 2. The van der Waals surface area contributed by atoms with Crippen LogP contribution < -0.4 is 0 Å². The second-order valence-corrected chi connectivity index (χ2v) is 3.44. The summed E-state index contributed by atoms with van der Waals surface area (Å²) in [5.41, 5.74) is 1.97. The second-order valence-electron chi connectivity index (χ2n) is 3.44. The quantitative estimate of drug-likeness (QED) is 0.785. The average molecular weight is 224 g/mol. The lowest BCUT2D eigenvalue weighted by Gasteiger charge is -1.94. The summed E-state index contributed by atoms with van der Waals surface area (Å²) < 4.78 is 12.7. The van der Waals surface area contributed by atoms with Crippen LogP contribution in [0.5, 0.6) is 0 Å². The van der Waals surface area contributed by atoms with Gasteiger partial charge in [-0.1, -0.05) is 24.3 Å². The van der Waals surface area contributed by atoms with Gasteiger partial charge in [-0.2, -0.15) is 5.26 Å². The summed E-state index contributed by atoms with van der Waals surface area (Å²) in [4.78, 5) is 4.10. The predicted molar refractivity (Wildman–Crippen MR) is 64.3 cm³/mol. The second kappa shape index (κ2) is 5.04. The zero-order valence-corrected chi connectivity index (χ0v) is 8.97. The van der Waals surface area contributed by atoms with Crippen molar-refractivity contribution in [3.8, 4) is 6.07 Å². The van der Waals surface area contributed by atoms with Crippen LogP contribution in [0.3, 0.4) is 0 Å². The minimum atomic E-state index is -0.258. The Kier molecular flexibility index (Phi) is 3.27. The number of halogens is 1. The van der Waals surface area contributed by atoms with Crippen LogP contribution >= 0.6 is 0 Å². The summed E-state index contributed by atoms with van der Waals surface area (Å²) in [6.45, 7) is 0. The fourth-order valence-electron chi connectivity index (χ4n) is 1.36. The molecule has 82 valence electrons. The van der Waals surface area contributed by atoms with Crippen molar-refractivity contribution in [1.82, 2.24) is 4.98 Å². The minimum Gasteiger partial charge on any atom is -0.238 e. The van der Waals surface area contributed by atoms with Crippen LogP contribution in [0.2, 0.25) is 0 Å². The van der Waals surface area contributed by atoms with Gasteiger partial charge >= 0.3 is 0 Å². The first-order valence-electron chi connectivity index (χ1n) is 5.09. The third-order valence-corrected chi connectivity index (χ3v) is 2.20. The Bertz CT molecular complexity index is 580. The van der Waals surface area contributed by atoms with Crippen LogP contribution in [-0.4, -0.2) is 4.98 Å².